The van der Waals surface area contributed by atoms with Crippen LogP contribution in [-0.4, -0.2) is 44.0 Å². The van der Waals surface area contributed by atoms with Crippen molar-refractivity contribution in [3.63, 3.8) is 0 Å². The lowest BCUT2D eigenvalue weighted by molar-refractivity contribution is -0.137. The average molecular weight is 439 g/mol. The van der Waals surface area contributed by atoms with Gasteiger partial charge in [-0.25, -0.2) is 0 Å². The number of halogens is 2. The number of hydrogen-bond acceptors (Lipinski definition) is 5. The molecule has 5 atom stereocenters. The van der Waals surface area contributed by atoms with Crippen LogP contribution < -0.4 is 14.8 Å². The number of benzene rings is 1. The van der Waals surface area contributed by atoms with Crippen molar-refractivity contribution in [2.45, 2.75) is 58.3 Å². The van der Waals surface area contributed by atoms with Gasteiger partial charge in [-0.2, -0.15) is 8.78 Å². The first-order valence-electron chi connectivity index (χ1n) is 10.9. The summed E-state index contributed by atoms with van der Waals surface area (Å²) < 4.78 is 41.4. The van der Waals surface area contributed by atoms with Crippen molar-refractivity contribution < 1.29 is 32.9 Å². The molecule has 0 unspecified atom stereocenters. The van der Waals surface area contributed by atoms with Gasteiger partial charge in [-0.05, 0) is 59.6 Å². The summed E-state index contributed by atoms with van der Waals surface area (Å²) in [5.41, 5.74) is 0.734. The molecule has 1 heterocycles. The van der Waals surface area contributed by atoms with Gasteiger partial charge in [-0.15, -0.1) is 0 Å². The van der Waals surface area contributed by atoms with E-state index in [-0.39, 0.29) is 59.3 Å². The van der Waals surface area contributed by atoms with Crippen LogP contribution in [-0.2, 0) is 9.53 Å². The number of aliphatic hydroxyl groups is 1. The average Bonchev–Trinajstić information content (AvgIpc) is 3.20. The molecule has 8 heteroatoms. The minimum Gasteiger partial charge on any atom is -0.493 e. The van der Waals surface area contributed by atoms with Crippen LogP contribution >= 0.6 is 0 Å². The van der Waals surface area contributed by atoms with Crippen molar-refractivity contribution in [2.75, 3.05) is 20.3 Å². The van der Waals surface area contributed by atoms with Gasteiger partial charge in [0.25, 0.3) is 0 Å². The number of carbonyl (C=O) groups is 1. The molecule has 1 amide bonds. The Morgan fingerprint density at radius 1 is 1.35 bits per heavy atom. The van der Waals surface area contributed by atoms with Crippen molar-refractivity contribution in [1.29, 1.82) is 0 Å². The predicted octanol–water partition coefficient (Wildman–Crippen LogP) is 3.68. The molecule has 0 radical (unpaired) electrons. The number of rotatable bonds is 7. The largest absolute Gasteiger partial charge is 0.493 e. The summed E-state index contributed by atoms with van der Waals surface area (Å²) in [6.45, 7) is 1.91. The molecule has 3 fully saturated rings. The van der Waals surface area contributed by atoms with Gasteiger partial charge in [0.15, 0.2) is 11.5 Å². The van der Waals surface area contributed by atoms with Crippen LogP contribution in [0.5, 0.6) is 11.5 Å². The Kier molecular flexibility index (Phi) is 5.89. The van der Waals surface area contributed by atoms with Gasteiger partial charge in [0, 0.05) is 19.1 Å². The Morgan fingerprint density at radius 2 is 2.13 bits per heavy atom. The van der Waals surface area contributed by atoms with Crippen LogP contribution in [0.1, 0.15) is 51.2 Å². The number of aliphatic hydroxyl groups excluding tert-OH is 1. The highest BCUT2D eigenvalue weighted by Gasteiger charge is 2.68. The smallest absolute Gasteiger partial charge is 0.387 e. The molecular weight excluding hydrogens is 408 g/mol. The number of alkyl halides is 2. The first kappa shape index (κ1) is 22.3. The number of carbonyl (C=O) groups excluding carboxylic acids is 1. The third kappa shape index (κ3) is 3.67. The first-order valence-corrected chi connectivity index (χ1v) is 10.9. The Labute approximate surface area is 181 Å². The van der Waals surface area contributed by atoms with Crippen molar-refractivity contribution in [3.05, 3.63) is 23.8 Å². The standard InChI is InChI=1S/C23H31F2NO5/c1-22(2)14-11-15-19(13-4-5-16(31-21(24)25)17(10-13)29-3)30-9-7-23(15,12-14)20(22)26-18(28)6-8-27/h4-5,10,14-15,19-21,27H,6-9,11-12H2,1-3H3,(H,26,28)/t14-,15-,19-,20+,23-/m1/s1. The van der Waals surface area contributed by atoms with Gasteiger partial charge in [0.1, 0.15) is 0 Å². The molecular formula is C23H31F2NO5. The molecule has 2 N–H and O–H groups in total. The second kappa shape index (κ2) is 8.20. The molecule has 1 aliphatic heterocycles. The monoisotopic (exact) mass is 439 g/mol. The van der Waals surface area contributed by atoms with Crippen LogP contribution in [0.4, 0.5) is 8.78 Å². The van der Waals surface area contributed by atoms with Gasteiger partial charge < -0.3 is 24.6 Å². The highest BCUT2D eigenvalue weighted by Crippen LogP contribution is 2.70. The lowest BCUT2D eigenvalue weighted by Crippen LogP contribution is -2.59. The quantitative estimate of drug-likeness (QED) is 0.678. The number of fused-ring (bicyclic) bond motifs is 1. The third-order valence-corrected chi connectivity index (χ3v) is 7.88. The number of ether oxygens (including phenoxy) is 3. The SMILES string of the molecule is COc1cc([C@H]2OCC[C@@]34C[C@@H](C[C@H]23)C(C)(C)[C@@H]4NC(=O)CCO)ccc1OC(F)F. The van der Waals surface area contributed by atoms with Crippen LogP contribution in [0.2, 0.25) is 0 Å². The highest BCUT2D eigenvalue weighted by molar-refractivity contribution is 5.76. The fraction of sp³-hybridized carbons (Fsp3) is 0.696. The summed E-state index contributed by atoms with van der Waals surface area (Å²) >= 11 is 0. The normalized spacial score (nSPS) is 33.3. The lowest BCUT2D eigenvalue weighted by atomic mass is 9.59. The Bertz CT molecular complexity index is 832. The molecule has 4 rings (SSSR count). The number of nitrogens with one attached hydrogen (secondary N) is 1. The van der Waals surface area contributed by atoms with Crippen molar-refractivity contribution >= 4 is 5.91 Å². The molecule has 2 aliphatic carbocycles. The maximum Gasteiger partial charge on any atom is 0.387 e. The van der Waals surface area contributed by atoms with Gasteiger partial charge >= 0.3 is 6.61 Å². The summed E-state index contributed by atoms with van der Waals surface area (Å²) in [7, 11) is 1.42. The zero-order chi connectivity index (χ0) is 22.4. The summed E-state index contributed by atoms with van der Waals surface area (Å²) in [5, 5.41) is 12.4. The molecule has 0 aromatic heterocycles. The fourth-order valence-electron chi connectivity index (χ4n) is 6.51. The minimum atomic E-state index is -2.93. The van der Waals surface area contributed by atoms with Gasteiger partial charge in [0.05, 0.1) is 19.8 Å². The molecule has 172 valence electrons. The highest BCUT2D eigenvalue weighted by atomic mass is 19.3. The topological polar surface area (TPSA) is 77.0 Å². The van der Waals surface area contributed by atoms with E-state index in [0.717, 1.165) is 24.8 Å². The zero-order valence-electron chi connectivity index (χ0n) is 18.2. The van der Waals surface area contributed by atoms with E-state index in [1.54, 1.807) is 12.1 Å². The van der Waals surface area contributed by atoms with Gasteiger partial charge in [0.2, 0.25) is 5.91 Å². The van der Waals surface area contributed by atoms with E-state index in [9.17, 15) is 18.7 Å². The van der Waals surface area contributed by atoms with E-state index >= 15 is 0 Å². The number of hydrogen-bond donors (Lipinski definition) is 2. The van der Waals surface area contributed by atoms with E-state index in [4.69, 9.17) is 9.47 Å². The maximum absolute atomic E-state index is 12.7. The number of amides is 1. The lowest BCUT2D eigenvalue weighted by Gasteiger charge is -2.53. The van der Waals surface area contributed by atoms with Crippen molar-refractivity contribution in [1.82, 2.24) is 5.32 Å². The molecule has 1 spiro atoms. The number of methoxy groups -OCH3 is 1. The second-order valence-electron chi connectivity index (χ2n) is 9.60. The molecule has 2 saturated carbocycles. The van der Waals surface area contributed by atoms with Crippen molar-refractivity contribution in [2.24, 2.45) is 22.7 Å². The maximum atomic E-state index is 12.7. The van der Waals surface area contributed by atoms with Gasteiger partial charge in [-0.1, -0.05) is 19.9 Å². The molecule has 1 saturated heterocycles. The van der Waals surface area contributed by atoms with Crippen LogP contribution in [0.15, 0.2) is 18.2 Å². The molecule has 3 aliphatic rings. The van der Waals surface area contributed by atoms with Crippen LogP contribution in [0.3, 0.4) is 0 Å². The summed E-state index contributed by atoms with van der Waals surface area (Å²) in [6.07, 6.45) is 2.77. The summed E-state index contributed by atoms with van der Waals surface area (Å²) in [6, 6.07) is 4.98. The van der Waals surface area contributed by atoms with E-state index in [2.05, 4.69) is 23.9 Å². The second-order valence-corrected chi connectivity index (χ2v) is 9.60. The van der Waals surface area contributed by atoms with Crippen LogP contribution in [0.25, 0.3) is 0 Å². The molecule has 6 nitrogen and oxygen atoms in total. The Morgan fingerprint density at radius 3 is 2.81 bits per heavy atom. The van der Waals surface area contributed by atoms with Crippen LogP contribution in [0, 0.1) is 22.7 Å². The van der Waals surface area contributed by atoms with E-state index in [1.807, 2.05) is 0 Å². The summed E-state index contributed by atoms with van der Waals surface area (Å²) in [5.74, 6) is 0.765. The minimum absolute atomic E-state index is 0.00228. The molecule has 31 heavy (non-hydrogen) atoms. The summed E-state index contributed by atoms with van der Waals surface area (Å²) in [4.78, 5) is 12.4. The Hall–Kier alpha value is -1.93. The zero-order valence-corrected chi connectivity index (χ0v) is 18.2. The van der Waals surface area contributed by atoms with E-state index < -0.39 is 6.61 Å². The Balaban J connectivity index is 1.64. The first-order chi connectivity index (χ1) is 14.7. The van der Waals surface area contributed by atoms with Gasteiger partial charge in [-0.3, -0.25) is 4.79 Å². The van der Waals surface area contributed by atoms with E-state index in [1.165, 1.54) is 13.2 Å². The molecule has 1 aromatic carbocycles. The molecule has 2 bridgehead atoms. The fourth-order valence-corrected chi connectivity index (χ4v) is 6.51. The third-order valence-electron chi connectivity index (χ3n) is 7.88. The molecule has 1 aromatic rings. The van der Waals surface area contributed by atoms with E-state index in [0.29, 0.717) is 12.5 Å². The predicted molar refractivity (Wildman–Crippen MR) is 109 cm³/mol. The van der Waals surface area contributed by atoms with Crippen molar-refractivity contribution in [3.8, 4) is 11.5 Å².